The zero-order valence-electron chi connectivity index (χ0n) is 14.0. The van der Waals surface area contributed by atoms with Gasteiger partial charge in [0.25, 0.3) is 0 Å². The van der Waals surface area contributed by atoms with Crippen molar-refractivity contribution in [1.29, 1.82) is 0 Å². The quantitative estimate of drug-likeness (QED) is 0.562. The van der Waals surface area contributed by atoms with Gasteiger partial charge in [0.2, 0.25) is 0 Å². The summed E-state index contributed by atoms with van der Waals surface area (Å²) in [6.07, 6.45) is 10.0. The second-order valence-corrected chi connectivity index (χ2v) is 9.47. The first-order chi connectivity index (χ1) is 9.80. The molecule has 0 aromatic heterocycles. The predicted octanol–water partition coefficient (Wildman–Crippen LogP) is 5.15. The van der Waals surface area contributed by atoms with Crippen molar-refractivity contribution in [2.45, 2.75) is 72.1 Å². The van der Waals surface area contributed by atoms with Crippen LogP contribution in [0.15, 0.2) is 12.2 Å². The number of fused-ring (bicyclic) bond motifs is 3. The molecule has 0 radical (unpaired) electrons. The Morgan fingerprint density at radius 2 is 1.81 bits per heavy atom. The third-order valence-corrected chi connectivity index (χ3v) is 8.36. The standard InChI is InChI=1S/C20H30O/c1-13-11-20-10-7-15-18(2,3)17(21)8-9-19(15,4)16(20)6-5-14(13)12-20/h14-16H,1,5-12H2,2-4H3/t14-,15+,16-,19+,20-/m1/s1. The summed E-state index contributed by atoms with van der Waals surface area (Å²) in [6, 6.07) is 0. The molecule has 21 heavy (non-hydrogen) atoms. The molecule has 0 aromatic rings. The van der Waals surface area contributed by atoms with E-state index in [0.717, 1.165) is 24.7 Å². The molecule has 4 rings (SSSR count). The Bertz CT molecular complexity index is 516. The van der Waals surface area contributed by atoms with Crippen LogP contribution in [0.3, 0.4) is 0 Å². The van der Waals surface area contributed by atoms with Crippen molar-refractivity contribution in [2.24, 2.45) is 34.0 Å². The van der Waals surface area contributed by atoms with Gasteiger partial charge in [0.05, 0.1) is 0 Å². The van der Waals surface area contributed by atoms with Crippen molar-refractivity contribution in [2.75, 3.05) is 0 Å². The van der Waals surface area contributed by atoms with Crippen molar-refractivity contribution < 1.29 is 4.79 Å². The molecule has 4 fully saturated rings. The minimum Gasteiger partial charge on any atom is -0.299 e. The molecule has 2 bridgehead atoms. The van der Waals surface area contributed by atoms with E-state index in [1.165, 1.54) is 38.5 Å². The van der Waals surface area contributed by atoms with Crippen molar-refractivity contribution >= 4 is 5.78 Å². The molecule has 0 amide bonds. The van der Waals surface area contributed by atoms with Crippen LogP contribution < -0.4 is 0 Å². The SMILES string of the molecule is C=C1C[C@@]23CC[C@H]4C(C)(C)C(=O)CC[C@]4(C)[C@H]2CC[C@@H]1C3. The van der Waals surface area contributed by atoms with Gasteiger partial charge in [-0.1, -0.05) is 32.9 Å². The number of Topliss-reactive ketones (excluding diaryl/α,β-unsaturated/α-hetero) is 1. The molecule has 4 saturated carbocycles. The van der Waals surface area contributed by atoms with E-state index in [2.05, 4.69) is 27.4 Å². The van der Waals surface area contributed by atoms with Crippen LogP contribution in [-0.2, 0) is 4.79 Å². The van der Waals surface area contributed by atoms with E-state index >= 15 is 0 Å². The molecule has 116 valence electrons. The Balaban J connectivity index is 1.75. The van der Waals surface area contributed by atoms with Crippen LogP contribution in [0.5, 0.6) is 0 Å². The first kappa shape index (κ1) is 14.0. The molecule has 0 aliphatic heterocycles. The minimum atomic E-state index is -0.0962. The minimum absolute atomic E-state index is 0.0962. The lowest BCUT2D eigenvalue weighted by molar-refractivity contribution is -0.165. The average molecular weight is 286 g/mol. The second kappa shape index (κ2) is 4.03. The normalized spacial score (nSPS) is 51.5. The molecule has 0 heterocycles. The first-order valence-corrected chi connectivity index (χ1v) is 9.01. The second-order valence-electron chi connectivity index (χ2n) is 9.47. The van der Waals surface area contributed by atoms with Crippen LogP contribution >= 0.6 is 0 Å². The van der Waals surface area contributed by atoms with Gasteiger partial charge in [-0.2, -0.15) is 0 Å². The first-order valence-electron chi connectivity index (χ1n) is 9.01. The molecule has 1 heteroatoms. The van der Waals surface area contributed by atoms with Crippen molar-refractivity contribution in [1.82, 2.24) is 0 Å². The number of allylic oxidation sites excluding steroid dienone is 1. The number of hydrogen-bond donors (Lipinski definition) is 0. The van der Waals surface area contributed by atoms with Gasteiger partial charge in [-0.3, -0.25) is 4.79 Å². The summed E-state index contributed by atoms with van der Waals surface area (Å²) in [5.41, 5.74) is 2.40. The number of hydrogen-bond acceptors (Lipinski definition) is 1. The van der Waals surface area contributed by atoms with Crippen LogP contribution in [0.25, 0.3) is 0 Å². The smallest absolute Gasteiger partial charge is 0.138 e. The Kier molecular flexibility index (Phi) is 2.69. The fraction of sp³-hybridized carbons (Fsp3) is 0.850. The maximum absolute atomic E-state index is 12.5. The van der Waals surface area contributed by atoms with Gasteiger partial charge in [-0.15, -0.1) is 0 Å². The van der Waals surface area contributed by atoms with Gasteiger partial charge < -0.3 is 0 Å². The highest BCUT2D eigenvalue weighted by molar-refractivity contribution is 5.85. The van der Waals surface area contributed by atoms with E-state index in [1.54, 1.807) is 5.57 Å². The molecule has 0 saturated heterocycles. The Morgan fingerprint density at radius 3 is 2.57 bits per heavy atom. The lowest BCUT2D eigenvalue weighted by Crippen LogP contribution is -2.58. The molecule has 1 spiro atoms. The fourth-order valence-corrected chi connectivity index (χ4v) is 7.38. The molecule has 0 N–H and O–H groups in total. The molecular weight excluding hydrogens is 256 g/mol. The van der Waals surface area contributed by atoms with Gasteiger partial charge in [-0.05, 0) is 73.5 Å². The highest BCUT2D eigenvalue weighted by Crippen LogP contribution is 2.71. The fourth-order valence-electron chi connectivity index (χ4n) is 7.38. The summed E-state index contributed by atoms with van der Waals surface area (Å²) < 4.78 is 0. The van der Waals surface area contributed by atoms with Gasteiger partial charge >= 0.3 is 0 Å². The number of carbonyl (C=O) groups is 1. The lowest BCUT2D eigenvalue weighted by Gasteiger charge is -2.63. The van der Waals surface area contributed by atoms with E-state index in [-0.39, 0.29) is 5.41 Å². The molecular formula is C20H30O. The highest BCUT2D eigenvalue weighted by atomic mass is 16.1. The number of rotatable bonds is 0. The van der Waals surface area contributed by atoms with Crippen molar-refractivity contribution in [3.05, 3.63) is 12.2 Å². The molecule has 4 aliphatic rings. The molecule has 0 unspecified atom stereocenters. The maximum atomic E-state index is 12.5. The van der Waals surface area contributed by atoms with Gasteiger partial charge in [0, 0.05) is 11.8 Å². The third-order valence-electron chi connectivity index (χ3n) is 8.36. The number of carbonyl (C=O) groups excluding carboxylic acids is 1. The summed E-state index contributed by atoms with van der Waals surface area (Å²) >= 11 is 0. The highest BCUT2D eigenvalue weighted by Gasteiger charge is 2.64. The monoisotopic (exact) mass is 286 g/mol. The molecule has 4 aliphatic carbocycles. The Morgan fingerprint density at radius 1 is 1.05 bits per heavy atom. The largest absolute Gasteiger partial charge is 0.299 e. The van der Waals surface area contributed by atoms with Gasteiger partial charge in [-0.25, -0.2) is 0 Å². The van der Waals surface area contributed by atoms with E-state index in [9.17, 15) is 4.79 Å². The van der Waals surface area contributed by atoms with E-state index in [4.69, 9.17) is 0 Å². The summed E-state index contributed by atoms with van der Waals surface area (Å²) in [5, 5.41) is 0. The van der Waals surface area contributed by atoms with Crippen LogP contribution in [-0.4, -0.2) is 5.78 Å². The predicted molar refractivity (Wildman–Crippen MR) is 85.9 cm³/mol. The molecule has 5 atom stereocenters. The third kappa shape index (κ3) is 1.61. The average Bonchev–Trinajstić information content (AvgIpc) is 2.65. The van der Waals surface area contributed by atoms with Crippen LogP contribution in [0.1, 0.15) is 72.1 Å². The summed E-state index contributed by atoms with van der Waals surface area (Å²) in [4.78, 5) is 12.5. The summed E-state index contributed by atoms with van der Waals surface area (Å²) in [5.74, 6) is 2.78. The van der Waals surface area contributed by atoms with Crippen molar-refractivity contribution in [3.63, 3.8) is 0 Å². The molecule has 0 aromatic carbocycles. The van der Waals surface area contributed by atoms with E-state index in [0.29, 0.717) is 22.5 Å². The Labute approximate surface area is 129 Å². The van der Waals surface area contributed by atoms with Gasteiger partial charge in [0.1, 0.15) is 5.78 Å². The topological polar surface area (TPSA) is 17.1 Å². The zero-order chi connectivity index (χ0) is 15.0. The summed E-state index contributed by atoms with van der Waals surface area (Å²) in [6.45, 7) is 11.4. The van der Waals surface area contributed by atoms with Crippen LogP contribution in [0.4, 0.5) is 0 Å². The van der Waals surface area contributed by atoms with Crippen LogP contribution in [0.2, 0.25) is 0 Å². The van der Waals surface area contributed by atoms with Crippen LogP contribution in [0, 0.1) is 34.0 Å². The maximum Gasteiger partial charge on any atom is 0.138 e. The lowest BCUT2D eigenvalue weighted by atomic mass is 9.41. The molecule has 1 nitrogen and oxygen atoms in total. The number of ketones is 1. The van der Waals surface area contributed by atoms with E-state index < -0.39 is 0 Å². The van der Waals surface area contributed by atoms with Crippen molar-refractivity contribution in [3.8, 4) is 0 Å². The zero-order valence-corrected chi connectivity index (χ0v) is 14.0. The Hall–Kier alpha value is -0.590. The van der Waals surface area contributed by atoms with E-state index in [1.807, 2.05) is 0 Å². The summed E-state index contributed by atoms with van der Waals surface area (Å²) in [7, 11) is 0. The van der Waals surface area contributed by atoms with Gasteiger partial charge in [0.15, 0.2) is 0 Å².